The Morgan fingerprint density at radius 1 is 1.13 bits per heavy atom. The summed E-state index contributed by atoms with van der Waals surface area (Å²) < 4.78 is 52.2. The van der Waals surface area contributed by atoms with Crippen LogP contribution in [0, 0.1) is 11.2 Å². The molecule has 2 N–H and O–H groups in total. The largest absolute Gasteiger partial charge is 0.419 e. The minimum Gasteiger partial charge on any atom is -0.338 e. The Labute approximate surface area is 175 Å². The zero-order valence-corrected chi connectivity index (χ0v) is 16.4. The van der Waals surface area contributed by atoms with Gasteiger partial charge in [-0.3, -0.25) is 14.8 Å². The van der Waals surface area contributed by atoms with Crippen molar-refractivity contribution in [2.45, 2.75) is 38.4 Å². The first kappa shape index (κ1) is 21.3. The average molecular weight is 436 g/mol. The maximum absolute atomic E-state index is 13.9. The molecule has 4 rings (SSSR count). The molecular formula is C22H20F4N2O3. The Kier molecular flexibility index (Phi) is 5.25. The molecule has 0 bridgehead atoms. The van der Waals surface area contributed by atoms with E-state index in [0.717, 1.165) is 17.2 Å². The lowest BCUT2D eigenvalue weighted by molar-refractivity contribution is -0.140. The van der Waals surface area contributed by atoms with Gasteiger partial charge >= 0.3 is 6.18 Å². The van der Waals surface area contributed by atoms with Crippen molar-refractivity contribution in [2.24, 2.45) is 5.41 Å². The van der Waals surface area contributed by atoms with Gasteiger partial charge in [0.25, 0.3) is 5.91 Å². The molecule has 0 radical (unpaired) electrons. The number of carbonyl (C=O) groups is 2. The molecule has 164 valence electrons. The summed E-state index contributed by atoms with van der Waals surface area (Å²) >= 11 is 0. The van der Waals surface area contributed by atoms with E-state index < -0.39 is 28.9 Å². The van der Waals surface area contributed by atoms with Gasteiger partial charge < -0.3 is 4.90 Å². The smallest absolute Gasteiger partial charge is 0.338 e. The molecule has 1 aliphatic heterocycles. The number of halogens is 4. The summed E-state index contributed by atoms with van der Waals surface area (Å²) in [4.78, 5) is 26.5. The van der Waals surface area contributed by atoms with Crippen LogP contribution in [0.4, 0.5) is 17.6 Å². The summed E-state index contributed by atoms with van der Waals surface area (Å²) in [7, 11) is 0. The lowest BCUT2D eigenvalue weighted by Crippen LogP contribution is -2.38. The Bertz CT molecular complexity index is 1050. The number of amides is 2. The Balaban J connectivity index is 1.52. The van der Waals surface area contributed by atoms with Gasteiger partial charge in [-0.1, -0.05) is 12.1 Å². The normalized spacial score (nSPS) is 20.8. The number of aryl methyl sites for hydroxylation is 1. The standard InChI is InChI=1S/C22H20F4N2O3/c23-18-9-13(1-4-17(18)22(24,25)26)12-28-8-7-21(20(28)30)6-5-14-2-3-15(19(29)27-31)10-16(14)11-21/h1-4,9-10,31H,5-8,11-12H2,(H,27,29)/t21-/m1/s1. The monoisotopic (exact) mass is 436 g/mol. The molecule has 1 spiro atoms. The predicted molar refractivity (Wildman–Crippen MR) is 102 cm³/mol. The molecule has 5 nitrogen and oxygen atoms in total. The van der Waals surface area contributed by atoms with E-state index in [9.17, 15) is 27.2 Å². The lowest BCUT2D eigenvalue weighted by atomic mass is 9.70. The first-order chi connectivity index (χ1) is 14.6. The van der Waals surface area contributed by atoms with Crippen LogP contribution in [0.2, 0.25) is 0 Å². The van der Waals surface area contributed by atoms with Crippen LogP contribution in [0.25, 0.3) is 0 Å². The number of fused-ring (bicyclic) bond motifs is 1. The van der Waals surface area contributed by atoms with E-state index in [4.69, 9.17) is 5.21 Å². The molecule has 1 fully saturated rings. The fourth-order valence-corrected chi connectivity index (χ4v) is 4.61. The number of likely N-dealkylation sites (tertiary alicyclic amines) is 1. The van der Waals surface area contributed by atoms with Crippen LogP contribution in [-0.2, 0) is 30.4 Å². The second-order valence-electron chi connectivity index (χ2n) is 8.17. The lowest BCUT2D eigenvalue weighted by Gasteiger charge is -2.33. The zero-order valence-electron chi connectivity index (χ0n) is 16.4. The summed E-state index contributed by atoms with van der Waals surface area (Å²) in [6.45, 7) is 0.461. The molecule has 0 aromatic heterocycles. The summed E-state index contributed by atoms with van der Waals surface area (Å²) in [6, 6.07) is 7.82. The minimum absolute atomic E-state index is 0.0372. The Morgan fingerprint density at radius 3 is 2.58 bits per heavy atom. The van der Waals surface area contributed by atoms with Gasteiger partial charge in [-0.05, 0) is 66.6 Å². The van der Waals surface area contributed by atoms with Gasteiger partial charge in [-0.2, -0.15) is 13.2 Å². The molecule has 1 saturated heterocycles. The molecule has 2 aliphatic rings. The molecule has 1 atom stereocenters. The third-order valence-corrected chi connectivity index (χ3v) is 6.29. The molecule has 1 heterocycles. The number of alkyl halides is 3. The van der Waals surface area contributed by atoms with Gasteiger partial charge in [0, 0.05) is 18.7 Å². The molecule has 2 aromatic rings. The van der Waals surface area contributed by atoms with Crippen LogP contribution in [0.5, 0.6) is 0 Å². The van der Waals surface area contributed by atoms with Crippen LogP contribution in [-0.4, -0.2) is 28.5 Å². The number of hydrogen-bond donors (Lipinski definition) is 2. The number of benzene rings is 2. The van der Waals surface area contributed by atoms with Crippen molar-refractivity contribution in [1.29, 1.82) is 0 Å². The molecule has 1 aliphatic carbocycles. The van der Waals surface area contributed by atoms with Gasteiger partial charge in [0.15, 0.2) is 0 Å². The molecule has 9 heteroatoms. The number of nitrogens with one attached hydrogen (secondary N) is 1. The summed E-state index contributed by atoms with van der Waals surface area (Å²) in [5.41, 5.74) is 2.12. The van der Waals surface area contributed by atoms with Crippen LogP contribution in [0.1, 0.15) is 45.5 Å². The van der Waals surface area contributed by atoms with E-state index in [0.29, 0.717) is 49.4 Å². The minimum atomic E-state index is -4.77. The highest BCUT2D eigenvalue weighted by atomic mass is 19.4. The second-order valence-corrected chi connectivity index (χ2v) is 8.17. The van der Waals surface area contributed by atoms with Crippen LogP contribution in [0.3, 0.4) is 0 Å². The first-order valence-corrected chi connectivity index (χ1v) is 9.84. The van der Waals surface area contributed by atoms with Gasteiger partial charge in [0.1, 0.15) is 5.82 Å². The summed E-state index contributed by atoms with van der Waals surface area (Å²) in [6.07, 6.45) is -2.47. The van der Waals surface area contributed by atoms with Crippen molar-refractivity contribution in [3.63, 3.8) is 0 Å². The maximum Gasteiger partial charge on any atom is 0.419 e. The van der Waals surface area contributed by atoms with Crippen molar-refractivity contribution < 1.29 is 32.4 Å². The van der Waals surface area contributed by atoms with E-state index in [2.05, 4.69) is 0 Å². The average Bonchev–Trinajstić information content (AvgIpc) is 3.01. The SMILES string of the molecule is O=C(NO)c1ccc2c(c1)C[C@@]1(CC2)CCN(Cc2ccc(C(F)(F)F)c(F)c2)C1=O. The van der Waals surface area contributed by atoms with E-state index >= 15 is 0 Å². The van der Waals surface area contributed by atoms with Crippen LogP contribution in [0.15, 0.2) is 36.4 Å². The third-order valence-electron chi connectivity index (χ3n) is 6.29. The van der Waals surface area contributed by atoms with Crippen LogP contribution < -0.4 is 5.48 Å². The van der Waals surface area contributed by atoms with Crippen molar-refractivity contribution >= 4 is 11.8 Å². The fraction of sp³-hybridized carbons (Fsp3) is 0.364. The third kappa shape index (κ3) is 3.89. The van der Waals surface area contributed by atoms with E-state index in [-0.39, 0.29) is 12.5 Å². The number of carbonyl (C=O) groups excluding carboxylic acids is 2. The number of nitrogens with zero attached hydrogens (tertiary/aromatic N) is 1. The van der Waals surface area contributed by atoms with Gasteiger partial charge in [-0.25, -0.2) is 9.87 Å². The molecule has 2 aromatic carbocycles. The first-order valence-electron chi connectivity index (χ1n) is 9.84. The van der Waals surface area contributed by atoms with Gasteiger partial charge in [-0.15, -0.1) is 0 Å². The zero-order chi connectivity index (χ0) is 22.4. The summed E-state index contributed by atoms with van der Waals surface area (Å²) in [5, 5.41) is 8.85. The van der Waals surface area contributed by atoms with Crippen molar-refractivity contribution in [3.05, 3.63) is 70.0 Å². The van der Waals surface area contributed by atoms with Gasteiger partial charge in [0.05, 0.1) is 11.0 Å². The predicted octanol–water partition coefficient (Wildman–Crippen LogP) is 3.87. The van der Waals surface area contributed by atoms with Crippen molar-refractivity contribution in [1.82, 2.24) is 10.4 Å². The topological polar surface area (TPSA) is 69.6 Å². The van der Waals surface area contributed by atoms with E-state index in [1.807, 2.05) is 6.07 Å². The van der Waals surface area contributed by atoms with Gasteiger partial charge in [0.2, 0.25) is 5.91 Å². The quantitative estimate of drug-likeness (QED) is 0.436. The Hall–Kier alpha value is -2.94. The fourth-order valence-electron chi connectivity index (χ4n) is 4.61. The van der Waals surface area contributed by atoms with Crippen molar-refractivity contribution in [2.75, 3.05) is 6.54 Å². The van der Waals surface area contributed by atoms with Crippen molar-refractivity contribution in [3.8, 4) is 0 Å². The highest BCUT2D eigenvalue weighted by molar-refractivity contribution is 5.93. The van der Waals surface area contributed by atoms with E-state index in [1.165, 1.54) is 6.07 Å². The number of hydroxylamine groups is 1. The highest BCUT2D eigenvalue weighted by Gasteiger charge is 2.48. The summed E-state index contributed by atoms with van der Waals surface area (Å²) in [5.74, 6) is -2.10. The molecule has 2 amide bonds. The number of rotatable bonds is 3. The molecular weight excluding hydrogens is 416 g/mol. The van der Waals surface area contributed by atoms with Crippen LogP contribution >= 0.6 is 0 Å². The molecule has 31 heavy (non-hydrogen) atoms. The number of hydrogen-bond acceptors (Lipinski definition) is 3. The maximum atomic E-state index is 13.9. The molecule has 0 unspecified atom stereocenters. The Morgan fingerprint density at radius 2 is 1.90 bits per heavy atom. The van der Waals surface area contributed by atoms with E-state index in [1.54, 1.807) is 22.5 Å². The second kappa shape index (κ2) is 7.64. The molecule has 0 saturated carbocycles. The highest BCUT2D eigenvalue weighted by Crippen LogP contribution is 2.44.